The standard InChI is InChI=1S/C14H23NO3/c1-18-11-5-2-9(3-6-11)15-10-4-7-13(15)12(8-10)14(16)17/h9-13H,2-8H2,1H3,(H,16,17). The molecule has 1 aliphatic carbocycles. The van der Waals surface area contributed by atoms with Crippen molar-refractivity contribution in [2.75, 3.05) is 7.11 Å². The Hall–Kier alpha value is -0.610. The normalized spacial score (nSPS) is 44.4. The van der Waals surface area contributed by atoms with Gasteiger partial charge in [0, 0.05) is 25.2 Å². The molecule has 2 heterocycles. The molecule has 2 bridgehead atoms. The van der Waals surface area contributed by atoms with Crippen LogP contribution in [0.25, 0.3) is 0 Å². The third-order valence-corrected chi connectivity index (χ3v) is 5.31. The SMILES string of the molecule is COC1CCC(N2C3CCC2C(C(=O)O)C3)CC1. The van der Waals surface area contributed by atoms with Crippen LogP contribution in [-0.2, 0) is 9.53 Å². The topological polar surface area (TPSA) is 49.8 Å². The summed E-state index contributed by atoms with van der Waals surface area (Å²) < 4.78 is 5.42. The molecule has 1 saturated carbocycles. The number of carboxylic acids is 1. The predicted molar refractivity (Wildman–Crippen MR) is 67.4 cm³/mol. The van der Waals surface area contributed by atoms with Crippen molar-refractivity contribution in [3.63, 3.8) is 0 Å². The summed E-state index contributed by atoms with van der Waals surface area (Å²) in [5, 5.41) is 9.28. The molecule has 0 amide bonds. The van der Waals surface area contributed by atoms with Gasteiger partial charge in [0.1, 0.15) is 0 Å². The Morgan fingerprint density at radius 1 is 1.11 bits per heavy atom. The van der Waals surface area contributed by atoms with Crippen LogP contribution in [0, 0.1) is 5.92 Å². The zero-order valence-corrected chi connectivity index (χ0v) is 11.0. The molecule has 3 fully saturated rings. The van der Waals surface area contributed by atoms with Crippen molar-refractivity contribution >= 4 is 5.97 Å². The fourth-order valence-electron chi connectivity index (χ4n) is 4.44. The molecule has 0 aromatic carbocycles. The van der Waals surface area contributed by atoms with E-state index in [0.717, 1.165) is 25.7 Å². The molecule has 3 unspecified atom stereocenters. The zero-order chi connectivity index (χ0) is 12.7. The molecule has 18 heavy (non-hydrogen) atoms. The van der Waals surface area contributed by atoms with E-state index in [0.29, 0.717) is 24.2 Å². The lowest BCUT2D eigenvalue weighted by atomic mass is 9.89. The van der Waals surface area contributed by atoms with Crippen LogP contribution in [0.2, 0.25) is 0 Å². The number of carbonyl (C=O) groups is 1. The lowest BCUT2D eigenvalue weighted by molar-refractivity contribution is -0.142. The first-order valence-electron chi connectivity index (χ1n) is 7.23. The van der Waals surface area contributed by atoms with Crippen molar-refractivity contribution in [1.29, 1.82) is 0 Å². The molecule has 4 nitrogen and oxygen atoms in total. The molecule has 0 aromatic heterocycles. The van der Waals surface area contributed by atoms with Crippen molar-refractivity contribution in [2.45, 2.75) is 69.2 Å². The second-order valence-electron chi connectivity index (χ2n) is 6.09. The van der Waals surface area contributed by atoms with Gasteiger partial charge in [-0.2, -0.15) is 0 Å². The number of hydrogen-bond donors (Lipinski definition) is 1. The lowest BCUT2D eigenvalue weighted by Crippen LogP contribution is -2.43. The van der Waals surface area contributed by atoms with E-state index in [2.05, 4.69) is 4.90 Å². The Labute approximate surface area is 108 Å². The first-order chi connectivity index (χ1) is 8.70. The fourth-order valence-corrected chi connectivity index (χ4v) is 4.44. The minimum atomic E-state index is -0.585. The highest BCUT2D eigenvalue weighted by atomic mass is 16.5. The molecule has 3 rings (SSSR count). The molecule has 2 saturated heterocycles. The number of rotatable bonds is 3. The Balaban J connectivity index is 1.65. The highest BCUT2D eigenvalue weighted by Crippen LogP contribution is 2.45. The number of methoxy groups -OCH3 is 1. The van der Waals surface area contributed by atoms with E-state index in [-0.39, 0.29) is 5.92 Å². The van der Waals surface area contributed by atoms with Gasteiger partial charge in [-0.3, -0.25) is 9.69 Å². The molecular formula is C14H23NO3. The van der Waals surface area contributed by atoms with E-state index in [4.69, 9.17) is 4.74 Å². The van der Waals surface area contributed by atoms with Crippen LogP contribution in [-0.4, -0.2) is 47.3 Å². The summed E-state index contributed by atoms with van der Waals surface area (Å²) in [6.45, 7) is 0. The van der Waals surface area contributed by atoms with Crippen molar-refractivity contribution in [2.24, 2.45) is 5.92 Å². The summed E-state index contributed by atoms with van der Waals surface area (Å²) in [4.78, 5) is 13.8. The van der Waals surface area contributed by atoms with Gasteiger partial charge in [0.15, 0.2) is 0 Å². The highest BCUT2D eigenvalue weighted by Gasteiger charge is 2.51. The number of hydrogen-bond acceptors (Lipinski definition) is 3. The summed E-state index contributed by atoms with van der Waals surface area (Å²) in [7, 11) is 1.80. The molecule has 4 heteroatoms. The van der Waals surface area contributed by atoms with Gasteiger partial charge in [0.25, 0.3) is 0 Å². The number of aliphatic carboxylic acids is 1. The third kappa shape index (κ3) is 1.95. The van der Waals surface area contributed by atoms with Crippen LogP contribution in [0.5, 0.6) is 0 Å². The second kappa shape index (κ2) is 4.82. The first kappa shape index (κ1) is 12.4. The average molecular weight is 253 g/mol. The summed E-state index contributed by atoms with van der Waals surface area (Å²) >= 11 is 0. The maximum absolute atomic E-state index is 11.3. The Bertz CT molecular complexity index is 325. The molecule has 0 radical (unpaired) electrons. The van der Waals surface area contributed by atoms with Crippen LogP contribution >= 0.6 is 0 Å². The van der Waals surface area contributed by atoms with E-state index in [1.54, 1.807) is 7.11 Å². The largest absolute Gasteiger partial charge is 0.481 e. The smallest absolute Gasteiger partial charge is 0.308 e. The summed E-state index contributed by atoms with van der Waals surface area (Å²) in [5.41, 5.74) is 0. The summed E-state index contributed by atoms with van der Waals surface area (Å²) in [6.07, 6.45) is 8.23. The average Bonchev–Trinajstić information content (AvgIpc) is 2.96. The summed E-state index contributed by atoms with van der Waals surface area (Å²) in [5.74, 6) is -0.693. The maximum Gasteiger partial charge on any atom is 0.308 e. The van der Waals surface area contributed by atoms with Crippen LogP contribution in [0.4, 0.5) is 0 Å². The third-order valence-electron chi connectivity index (χ3n) is 5.31. The molecule has 3 atom stereocenters. The molecule has 0 spiro atoms. The van der Waals surface area contributed by atoms with Crippen molar-refractivity contribution in [1.82, 2.24) is 4.90 Å². The number of carboxylic acid groups (broad SMARTS) is 1. The van der Waals surface area contributed by atoms with Crippen molar-refractivity contribution < 1.29 is 14.6 Å². The number of nitrogens with zero attached hydrogens (tertiary/aromatic N) is 1. The fraction of sp³-hybridized carbons (Fsp3) is 0.929. The van der Waals surface area contributed by atoms with Crippen LogP contribution in [0.1, 0.15) is 44.9 Å². The van der Waals surface area contributed by atoms with Gasteiger partial charge in [0.2, 0.25) is 0 Å². The monoisotopic (exact) mass is 253 g/mol. The molecule has 1 N–H and O–H groups in total. The Morgan fingerprint density at radius 2 is 1.78 bits per heavy atom. The quantitative estimate of drug-likeness (QED) is 0.834. The van der Waals surface area contributed by atoms with Gasteiger partial charge in [-0.25, -0.2) is 0 Å². The predicted octanol–water partition coefficient (Wildman–Crippen LogP) is 1.88. The van der Waals surface area contributed by atoms with Gasteiger partial charge in [0.05, 0.1) is 12.0 Å². The van der Waals surface area contributed by atoms with E-state index in [9.17, 15) is 9.90 Å². The zero-order valence-electron chi connectivity index (χ0n) is 11.0. The molecular weight excluding hydrogens is 230 g/mol. The van der Waals surface area contributed by atoms with E-state index in [1.807, 2.05) is 0 Å². The Morgan fingerprint density at radius 3 is 2.33 bits per heavy atom. The summed E-state index contributed by atoms with van der Waals surface area (Å²) in [6, 6.07) is 1.47. The maximum atomic E-state index is 11.3. The van der Waals surface area contributed by atoms with Crippen LogP contribution in [0.15, 0.2) is 0 Å². The first-order valence-corrected chi connectivity index (χ1v) is 7.23. The molecule has 3 aliphatic rings. The minimum Gasteiger partial charge on any atom is -0.481 e. The van der Waals surface area contributed by atoms with Crippen molar-refractivity contribution in [3.05, 3.63) is 0 Å². The number of ether oxygens (including phenoxy) is 1. The second-order valence-corrected chi connectivity index (χ2v) is 6.09. The van der Waals surface area contributed by atoms with Gasteiger partial charge >= 0.3 is 5.97 Å². The van der Waals surface area contributed by atoms with E-state index in [1.165, 1.54) is 19.3 Å². The minimum absolute atomic E-state index is 0.108. The van der Waals surface area contributed by atoms with Crippen LogP contribution in [0.3, 0.4) is 0 Å². The number of fused-ring (bicyclic) bond motifs is 2. The van der Waals surface area contributed by atoms with E-state index < -0.39 is 5.97 Å². The van der Waals surface area contributed by atoms with Gasteiger partial charge in [-0.1, -0.05) is 0 Å². The van der Waals surface area contributed by atoms with Gasteiger partial charge in [-0.15, -0.1) is 0 Å². The van der Waals surface area contributed by atoms with Gasteiger partial charge < -0.3 is 9.84 Å². The highest BCUT2D eigenvalue weighted by molar-refractivity contribution is 5.71. The lowest BCUT2D eigenvalue weighted by Gasteiger charge is -2.37. The molecule has 2 aliphatic heterocycles. The molecule has 0 aromatic rings. The van der Waals surface area contributed by atoms with Crippen LogP contribution < -0.4 is 0 Å². The Kier molecular flexibility index (Phi) is 3.32. The molecule has 102 valence electrons. The van der Waals surface area contributed by atoms with E-state index >= 15 is 0 Å². The van der Waals surface area contributed by atoms with Gasteiger partial charge in [-0.05, 0) is 44.9 Å². The van der Waals surface area contributed by atoms with Crippen molar-refractivity contribution in [3.8, 4) is 0 Å².